The van der Waals surface area contributed by atoms with Gasteiger partial charge in [-0.05, 0) is 25.2 Å². The molecule has 3 nitrogen and oxygen atoms in total. The number of hydrogen-bond acceptors (Lipinski definition) is 3. The molecule has 0 spiro atoms. The van der Waals surface area contributed by atoms with Crippen LogP contribution >= 0.6 is 0 Å². The minimum absolute atomic E-state index is 0.130. The molecule has 1 saturated carbocycles. The average Bonchev–Trinajstić information content (AvgIpc) is 3.27. The predicted octanol–water partition coefficient (Wildman–Crippen LogP) is 5.02. The van der Waals surface area contributed by atoms with E-state index in [1.54, 1.807) is 0 Å². The SMILES string of the molecule is CCCOC(=O)C1(CCCCCC2CCCCCCC2)CO1. The lowest BCUT2D eigenvalue weighted by atomic mass is 9.87. The lowest BCUT2D eigenvalue weighted by Gasteiger charge is -2.19. The zero-order valence-corrected chi connectivity index (χ0v) is 14.4. The normalized spacial score (nSPS) is 26.2. The third-order valence-corrected chi connectivity index (χ3v) is 5.22. The summed E-state index contributed by atoms with van der Waals surface area (Å²) in [6.07, 6.45) is 16.8. The number of epoxide rings is 1. The fourth-order valence-corrected chi connectivity index (χ4v) is 3.63. The van der Waals surface area contributed by atoms with E-state index >= 15 is 0 Å². The van der Waals surface area contributed by atoms with E-state index in [1.807, 2.05) is 6.92 Å². The lowest BCUT2D eigenvalue weighted by molar-refractivity contribution is -0.150. The number of rotatable bonds is 9. The highest BCUT2D eigenvalue weighted by atomic mass is 16.6. The summed E-state index contributed by atoms with van der Waals surface area (Å²) in [6, 6.07) is 0. The van der Waals surface area contributed by atoms with Gasteiger partial charge in [0, 0.05) is 0 Å². The number of carbonyl (C=O) groups is 1. The van der Waals surface area contributed by atoms with E-state index in [0.29, 0.717) is 13.2 Å². The zero-order chi connectivity index (χ0) is 15.7. The topological polar surface area (TPSA) is 38.8 Å². The van der Waals surface area contributed by atoms with Crippen LogP contribution in [0.1, 0.15) is 90.4 Å². The Labute approximate surface area is 136 Å². The van der Waals surface area contributed by atoms with Crippen molar-refractivity contribution in [2.24, 2.45) is 5.92 Å². The van der Waals surface area contributed by atoms with Crippen LogP contribution in [0, 0.1) is 5.92 Å². The van der Waals surface area contributed by atoms with Gasteiger partial charge in [0.2, 0.25) is 0 Å². The minimum atomic E-state index is -0.560. The predicted molar refractivity (Wildman–Crippen MR) is 88.8 cm³/mol. The number of esters is 1. The van der Waals surface area contributed by atoms with E-state index in [2.05, 4.69) is 0 Å². The molecule has 1 aliphatic heterocycles. The molecule has 0 aromatic carbocycles. The van der Waals surface area contributed by atoms with Crippen molar-refractivity contribution in [1.29, 1.82) is 0 Å². The van der Waals surface area contributed by atoms with Gasteiger partial charge in [0.15, 0.2) is 5.60 Å². The third-order valence-electron chi connectivity index (χ3n) is 5.22. The van der Waals surface area contributed by atoms with Crippen molar-refractivity contribution < 1.29 is 14.3 Å². The summed E-state index contributed by atoms with van der Waals surface area (Å²) >= 11 is 0. The second kappa shape index (κ2) is 9.54. The van der Waals surface area contributed by atoms with Gasteiger partial charge in [-0.1, -0.05) is 71.1 Å². The van der Waals surface area contributed by atoms with Gasteiger partial charge in [-0.3, -0.25) is 0 Å². The Morgan fingerprint density at radius 3 is 2.41 bits per heavy atom. The van der Waals surface area contributed by atoms with E-state index in [0.717, 1.165) is 25.2 Å². The summed E-state index contributed by atoms with van der Waals surface area (Å²) in [4.78, 5) is 11.9. The smallest absolute Gasteiger partial charge is 0.340 e. The maximum atomic E-state index is 11.9. The van der Waals surface area contributed by atoms with Gasteiger partial charge in [0.25, 0.3) is 0 Å². The summed E-state index contributed by atoms with van der Waals surface area (Å²) in [5.74, 6) is 0.829. The van der Waals surface area contributed by atoms with Gasteiger partial charge >= 0.3 is 5.97 Å². The van der Waals surface area contributed by atoms with Crippen molar-refractivity contribution in [1.82, 2.24) is 0 Å². The molecule has 1 unspecified atom stereocenters. The van der Waals surface area contributed by atoms with Gasteiger partial charge in [0.05, 0.1) is 13.2 Å². The maximum Gasteiger partial charge on any atom is 0.340 e. The van der Waals surface area contributed by atoms with Crippen LogP contribution in [-0.2, 0) is 14.3 Å². The fraction of sp³-hybridized carbons (Fsp3) is 0.947. The zero-order valence-electron chi connectivity index (χ0n) is 14.4. The number of unbranched alkanes of at least 4 members (excludes halogenated alkanes) is 2. The molecular formula is C19H34O3. The Balaban J connectivity index is 1.54. The van der Waals surface area contributed by atoms with Crippen LogP contribution in [0.3, 0.4) is 0 Å². The molecule has 1 heterocycles. The monoisotopic (exact) mass is 310 g/mol. The van der Waals surface area contributed by atoms with Gasteiger partial charge in [0.1, 0.15) is 0 Å². The van der Waals surface area contributed by atoms with Crippen LogP contribution in [0.4, 0.5) is 0 Å². The van der Waals surface area contributed by atoms with Crippen LogP contribution in [-0.4, -0.2) is 24.8 Å². The molecule has 1 aliphatic carbocycles. The molecule has 2 fully saturated rings. The van der Waals surface area contributed by atoms with E-state index < -0.39 is 5.60 Å². The molecule has 0 aromatic heterocycles. The molecule has 0 aromatic rings. The standard InChI is InChI=1S/C19H34O3/c1-2-15-21-18(20)19(16-22-19)14-10-6-9-13-17-11-7-4-3-5-8-12-17/h17H,2-16H2,1H3. The molecule has 3 heteroatoms. The quantitative estimate of drug-likeness (QED) is 0.341. The Kier molecular flexibility index (Phi) is 7.71. The second-order valence-electron chi connectivity index (χ2n) is 7.23. The van der Waals surface area contributed by atoms with Crippen molar-refractivity contribution >= 4 is 5.97 Å². The molecule has 0 bridgehead atoms. The summed E-state index contributed by atoms with van der Waals surface area (Å²) in [6.45, 7) is 3.10. The Morgan fingerprint density at radius 2 is 1.77 bits per heavy atom. The minimum Gasteiger partial charge on any atom is -0.463 e. The number of carbonyl (C=O) groups excluding carboxylic acids is 1. The van der Waals surface area contributed by atoms with Crippen molar-refractivity contribution in [3.8, 4) is 0 Å². The molecule has 128 valence electrons. The van der Waals surface area contributed by atoms with Crippen molar-refractivity contribution in [2.75, 3.05) is 13.2 Å². The Morgan fingerprint density at radius 1 is 1.09 bits per heavy atom. The third kappa shape index (κ3) is 5.91. The largest absolute Gasteiger partial charge is 0.463 e. The summed E-state index contributed by atoms with van der Waals surface area (Å²) in [5, 5.41) is 0. The maximum absolute atomic E-state index is 11.9. The highest BCUT2D eigenvalue weighted by Crippen LogP contribution is 2.35. The highest BCUT2D eigenvalue weighted by Gasteiger charge is 2.52. The molecule has 2 rings (SSSR count). The first kappa shape index (κ1) is 17.8. The van der Waals surface area contributed by atoms with Gasteiger partial charge in [-0.2, -0.15) is 0 Å². The van der Waals surface area contributed by atoms with E-state index in [9.17, 15) is 4.79 Å². The van der Waals surface area contributed by atoms with Gasteiger partial charge in [-0.15, -0.1) is 0 Å². The van der Waals surface area contributed by atoms with Crippen LogP contribution in [0.5, 0.6) is 0 Å². The number of hydrogen-bond donors (Lipinski definition) is 0. The van der Waals surface area contributed by atoms with Crippen LogP contribution in [0.2, 0.25) is 0 Å². The summed E-state index contributed by atoms with van der Waals surface area (Å²) in [7, 11) is 0. The molecular weight excluding hydrogens is 276 g/mol. The number of ether oxygens (including phenoxy) is 2. The lowest BCUT2D eigenvalue weighted by Crippen LogP contribution is -2.27. The highest BCUT2D eigenvalue weighted by molar-refractivity contribution is 5.82. The summed E-state index contributed by atoms with van der Waals surface area (Å²) in [5.41, 5.74) is -0.560. The molecule has 22 heavy (non-hydrogen) atoms. The fourth-order valence-electron chi connectivity index (χ4n) is 3.63. The van der Waals surface area contributed by atoms with Crippen LogP contribution < -0.4 is 0 Å². The van der Waals surface area contributed by atoms with Crippen molar-refractivity contribution in [2.45, 2.75) is 96.0 Å². The first-order chi connectivity index (χ1) is 10.8. The first-order valence-electron chi connectivity index (χ1n) is 9.58. The molecule has 2 aliphatic rings. The van der Waals surface area contributed by atoms with Crippen molar-refractivity contribution in [3.05, 3.63) is 0 Å². The van der Waals surface area contributed by atoms with E-state index in [-0.39, 0.29) is 5.97 Å². The van der Waals surface area contributed by atoms with Gasteiger partial charge in [-0.25, -0.2) is 4.79 Å². The first-order valence-corrected chi connectivity index (χ1v) is 9.58. The molecule has 1 saturated heterocycles. The van der Waals surface area contributed by atoms with E-state index in [4.69, 9.17) is 9.47 Å². The Hall–Kier alpha value is -0.570. The van der Waals surface area contributed by atoms with Crippen LogP contribution in [0.25, 0.3) is 0 Å². The molecule has 0 N–H and O–H groups in total. The Bertz CT molecular complexity index is 315. The molecule has 0 radical (unpaired) electrons. The average molecular weight is 310 g/mol. The molecule has 0 amide bonds. The summed E-state index contributed by atoms with van der Waals surface area (Å²) < 4.78 is 10.6. The van der Waals surface area contributed by atoms with Crippen molar-refractivity contribution in [3.63, 3.8) is 0 Å². The molecule has 1 atom stereocenters. The second-order valence-corrected chi connectivity index (χ2v) is 7.23. The van der Waals surface area contributed by atoms with Crippen LogP contribution in [0.15, 0.2) is 0 Å². The van der Waals surface area contributed by atoms with E-state index in [1.165, 1.54) is 64.2 Å². The van der Waals surface area contributed by atoms with Gasteiger partial charge < -0.3 is 9.47 Å².